The third kappa shape index (κ3) is 8.62. The van der Waals surface area contributed by atoms with E-state index in [9.17, 15) is 43.6 Å². The number of aryl methyl sites for hydroxylation is 1. The molecule has 92 heavy (non-hydrogen) atoms. The van der Waals surface area contributed by atoms with Gasteiger partial charge in [-0.2, -0.15) is 5.26 Å². The highest BCUT2D eigenvalue weighted by atomic mass is 16.2. The monoisotopic (exact) mass is 1220 g/mol. The molecule has 4 aliphatic rings. The Kier molecular flexibility index (Phi) is 15.7. The summed E-state index contributed by atoms with van der Waals surface area (Å²) < 4.78 is 0. The van der Waals surface area contributed by atoms with E-state index in [1.54, 1.807) is 54.6 Å². The van der Waals surface area contributed by atoms with E-state index < -0.39 is 11.8 Å². The number of hydrogen-bond donors (Lipinski definition) is 0. The minimum absolute atomic E-state index is 0. The number of benzene rings is 10. The van der Waals surface area contributed by atoms with Crippen molar-refractivity contribution in [3.05, 3.63) is 151 Å². The fourth-order valence-electron chi connectivity index (χ4n) is 15.5. The van der Waals surface area contributed by atoms with Gasteiger partial charge >= 0.3 is 0 Å². The van der Waals surface area contributed by atoms with Gasteiger partial charge in [-0.1, -0.05) is 111 Å². The maximum Gasteiger partial charge on any atom is 0.261 e. The van der Waals surface area contributed by atoms with Crippen LogP contribution in [-0.4, -0.2) is 91.0 Å². The molecule has 0 fully saturated rings. The zero-order valence-corrected chi connectivity index (χ0v) is 52.6. The van der Waals surface area contributed by atoms with Crippen molar-refractivity contribution in [2.75, 3.05) is 0 Å². The van der Waals surface area contributed by atoms with Crippen molar-refractivity contribution < 1.29 is 38.4 Å². The van der Waals surface area contributed by atoms with Crippen LogP contribution in [0, 0.1) is 31.4 Å². The SMILES string of the molecule is C.[C-]#[N+]c1cc2c3c(ccc4c5c(C#N)cc6c7c(ccc(c1c34)c75)C(=O)N([C@H](C)CCCC)C6=O)C(=O)N([C@H](C)CCCC)C2=O.[C-]#[N+]c1cc2c3c(ccc4c5c(C)cc6c7c(ccc(c1c34)c75)C(=O)N([C@@H](C)CCCC)C6=O)C(=O)N([C@@H](C)CCCC)C2=O. The van der Waals surface area contributed by atoms with Crippen molar-refractivity contribution in [2.24, 2.45) is 0 Å². The Morgan fingerprint density at radius 3 is 0.935 bits per heavy atom. The molecule has 0 saturated carbocycles. The van der Waals surface area contributed by atoms with Gasteiger partial charge in [0.2, 0.25) is 0 Å². The van der Waals surface area contributed by atoms with E-state index in [2.05, 4.69) is 43.5 Å². The Morgan fingerprint density at radius 1 is 0.370 bits per heavy atom. The predicted octanol–water partition coefficient (Wildman–Crippen LogP) is 18.1. The van der Waals surface area contributed by atoms with Gasteiger partial charge in [-0.3, -0.25) is 58.0 Å². The molecule has 0 bridgehead atoms. The number of imide groups is 4. The number of carbonyl (C=O) groups is 8. The molecule has 0 saturated heterocycles. The third-order valence-electron chi connectivity index (χ3n) is 20.0. The molecular formula is C77H71N7O8. The van der Waals surface area contributed by atoms with E-state index in [0.29, 0.717) is 129 Å². The van der Waals surface area contributed by atoms with E-state index in [4.69, 9.17) is 13.1 Å². The van der Waals surface area contributed by atoms with Gasteiger partial charge in [-0.25, -0.2) is 9.69 Å². The topological polar surface area (TPSA) is 182 Å². The summed E-state index contributed by atoms with van der Waals surface area (Å²) in [5, 5.41) is 20.5. The number of hydrogen-bond acceptors (Lipinski definition) is 9. The van der Waals surface area contributed by atoms with E-state index in [1.165, 1.54) is 19.6 Å². The van der Waals surface area contributed by atoms with Crippen LogP contribution in [0.4, 0.5) is 11.4 Å². The number of rotatable bonds is 16. The molecule has 4 heterocycles. The normalized spacial score (nSPS) is 15.8. The Bertz CT molecular complexity index is 4950. The predicted molar refractivity (Wildman–Crippen MR) is 362 cm³/mol. The molecule has 4 atom stereocenters. The highest BCUT2D eigenvalue weighted by Crippen LogP contribution is 2.53. The van der Waals surface area contributed by atoms with Gasteiger partial charge < -0.3 is 0 Å². The first-order valence-electron chi connectivity index (χ1n) is 32.0. The Labute approximate surface area is 533 Å². The molecule has 0 N–H and O–H groups in total. The smallest absolute Gasteiger partial charge is 0.261 e. The van der Waals surface area contributed by atoms with Crippen LogP contribution in [-0.2, 0) is 0 Å². The Balaban J connectivity index is 0.000000176. The van der Waals surface area contributed by atoms with Gasteiger partial charge in [-0.15, -0.1) is 0 Å². The fourth-order valence-corrected chi connectivity index (χ4v) is 15.5. The largest absolute Gasteiger partial charge is 0.272 e. The number of fused-ring (bicyclic) bond motifs is 4. The zero-order valence-electron chi connectivity index (χ0n) is 52.6. The molecule has 0 spiro atoms. The summed E-state index contributed by atoms with van der Waals surface area (Å²) in [6.07, 6.45) is 10.2. The minimum Gasteiger partial charge on any atom is -0.272 e. The molecule has 10 aromatic carbocycles. The molecule has 10 aromatic rings. The summed E-state index contributed by atoms with van der Waals surface area (Å²) in [5.41, 5.74) is 4.79. The average molecular weight is 1220 g/mol. The number of nitrogens with zero attached hydrogens (tertiary/aromatic N) is 7. The second-order valence-electron chi connectivity index (χ2n) is 25.5. The maximum absolute atomic E-state index is 14.0. The van der Waals surface area contributed by atoms with Crippen LogP contribution in [0.5, 0.6) is 0 Å². The van der Waals surface area contributed by atoms with Crippen LogP contribution in [0.2, 0.25) is 0 Å². The molecule has 14 rings (SSSR count). The number of nitriles is 1. The van der Waals surface area contributed by atoms with Gasteiger partial charge in [-0.05, 0) is 174 Å². The van der Waals surface area contributed by atoms with Gasteiger partial charge in [0.05, 0.1) is 30.3 Å². The Morgan fingerprint density at radius 2 is 0.630 bits per heavy atom. The number of carbonyl (C=O) groups excluding carboxylic acids is 8. The number of amides is 8. The first-order chi connectivity index (χ1) is 43.8. The lowest BCUT2D eigenvalue weighted by Gasteiger charge is -2.34. The van der Waals surface area contributed by atoms with Crippen molar-refractivity contribution in [2.45, 2.75) is 171 Å². The second-order valence-corrected chi connectivity index (χ2v) is 25.5. The second kappa shape index (κ2) is 23.3. The molecule has 0 aromatic heterocycles. The molecule has 4 aliphatic heterocycles. The molecule has 15 nitrogen and oxygen atoms in total. The lowest BCUT2D eigenvalue weighted by atomic mass is 9.80. The van der Waals surface area contributed by atoms with E-state index >= 15 is 0 Å². The highest BCUT2D eigenvalue weighted by molar-refractivity contribution is 6.45. The van der Waals surface area contributed by atoms with Crippen molar-refractivity contribution >= 4 is 145 Å². The van der Waals surface area contributed by atoms with Gasteiger partial charge in [0, 0.05) is 90.0 Å². The zero-order chi connectivity index (χ0) is 64.5. The van der Waals surface area contributed by atoms with Crippen molar-refractivity contribution in [1.29, 1.82) is 5.26 Å². The van der Waals surface area contributed by atoms with Gasteiger partial charge in [0.25, 0.3) is 47.3 Å². The molecule has 15 heteroatoms. The highest BCUT2D eigenvalue weighted by Gasteiger charge is 2.43. The first kappa shape index (κ1) is 62.0. The standard InChI is InChI=1S/C38H32N4O4.C38H35N3O4.CH4/c1-6-8-10-19(3)41-35(43)24-15-13-23-32-28(40-5)17-27-31-25(36(44)42(38(27)46)20(4)11-9-7-2)14-12-22(34(31)32)29-21(18-39)16-26(37(41)45)30(24)33(23)29;1-7-9-11-20(4)40-35(42)24-16-14-23-32-28(39-6)18-27-31-25(36(43)41(38(27)45)21(5)12-10-8-2)15-13-22(34(31)32)29-19(3)17-26(37(40)44)30(24)33(23)29;/h12-17,19-20H,6-11H2,1-4H3;13-18,20-21H,7-12H2,1-5H3;1H4/t19-,20-;20-,21-;/m10./s1. The molecule has 0 radical (unpaired) electrons. The first-order valence-corrected chi connectivity index (χ1v) is 32.0. The molecule has 462 valence electrons. The van der Waals surface area contributed by atoms with Crippen LogP contribution < -0.4 is 0 Å². The summed E-state index contributed by atoms with van der Waals surface area (Å²) in [6, 6.07) is 22.1. The lowest BCUT2D eigenvalue weighted by molar-refractivity contribution is 0.0527. The van der Waals surface area contributed by atoms with Crippen LogP contribution in [0.1, 0.15) is 234 Å². The molecule has 8 amide bonds. The van der Waals surface area contributed by atoms with E-state index in [-0.39, 0.29) is 83.9 Å². The summed E-state index contributed by atoms with van der Waals surface area (Å²) in [6.45, 7) is 34.2. The molecule has 0 unspecified atom stereocenters. The number of unbranched alkanes of at least 4 members (excludes halogenated alkanes) is 4. The maximum atomic E-state index is 14.0. The van der Waals surface area contributed by atoms with E-state index in [0.717, 1.165) is 84.9 Å². The molecular weight excluding hydrogens is 1150 g/mol. The summed E-state index contributed by atoms with van der Waals surface area (Å²) in [4.78, 5) is 125. The van der Waals surface area contributed by atoms with Crippen LogP contribution in [0.25, 0.3) is 95.9 Å². The lowest BCUT2D eigenvalue weighted by Crippen LogP contribution is -2.46. The quantitative estimate of drug-likeness (QED) is 0.0393. The van der Waals surface area contributed by atoms with Crippen LogP contribution in [0.3, 0.4) is 0 Å². The van der Waals surface area contributed by atoms with Gasteiger partial charge in [0.15, 0.2) is 11.4 Å². The minimum atomic E-state index is -0.434. The third-order valence-corrected chi connectivity index (χ3v) is 20.0. The van der Waals surface area contributed by atoms with Crippen LogP contribution in [0.15, 0.2) is 72.8 Å². The molecule has 0 aliphatic carbocycles. The van der Waals surface area contributed by atoms with E-state index in [1.807, 2.05) is 52.8 Å². The van der Waals surface area contributed by atoms with Crippen LogP contribution >= 0.6 is 0 Å². The average Bonchev–Trinajstić information content (AvgIpc) is 0.689. The van der Waals surface area contributed by atoms with Gasteiger partial charge in [0.1, 0.15) is 0 Å². The van der Waals surface area contributed by atoms with Crippen molar-refractivity contribution in [3.8, 4) is 6.07 Å². The van der Waals surface area contributed by atoms with Crippen molar-refractivity contribution in [1.82, 2.24) is 19.6 Å². The van der Waals surface area contributed by atoms with Crippen molar-refractivity contribution in [3.63, 3.8) is 0 Å². The summed E-state index contributed by atoms with van der Waals surface area (Å²) >= 11 is 0. The summed E-state index contributed by atoms with van der Waals surface area (Å²) in [5.74, 6) is -2.89. The summed E-state index contributed by atoms with van der Waals surface area (Å²) in [7, 11) is 0. The fraction of sp³-hybridized carbons (Fsp3) is 0.338. The Hall–Kier alpha value is -10.2.